The summed E-state index contributed by atoms with van der Waals surface area (Å²) in [6.45, 7) is -0.605. The number of aromatic nitrogens is 1. The van der Waals surface area contributed by atoms with Crippen LogP contribution in [0.15, 0.2) is 77.7 Å². The molecule has 0 fully saturated rings. The van der Waals surface area contributed by atoms with Crippen LogP contribution in [0.4, 0.5) is 10.1 Å². The Balaban J connectivity index is 1.43. The fraction of sp³-hybridized carbons (Fsp3) is 0.120. The molecule has 0 aliphatic heterocycles. The van der Waals surface area contributed by atoms with E-state index < -0.39 is 34.3 Å². The summed E-state index contributed by atoms with van der Waals surface area (Å²) in [6.07, 6.45) is 0.201. The first-order valence-electron chi connectivity index (χ1n) is 10.6. The van der Waals surface area contributed by atoms with E-state index in [0.717, 1.165) is 22.3 Å². The van der Waals surface area contributed by atoms with Crippen molar-refractivity contribution in [3.05, 3.63) is 84.2 Å². The van der Waals surface area contributed by atoms with Gasteiger partial charge >= 0.3 is 5.97 Å². The Morgan fingerprint density at radius 2 is 1.71 bits per heavy atom. The van der Waals surface area contributed by atoms with Gasteiger partial charge in [-0.25, -0.2) is 17.9 Å². The van der Waals surface area contributed by atoms with Gasteiger partial charge in [-0.3, -0.25) is 9.59 Å². The predicted molar refractivity (Wildman–Crippen MR) is 129 cm³/mol. The minimum atomic E-state index is -4.04. The third kappa shape index (κ3) is 5.73. The number of anilines is 1. The number of hydrogen-bond donors (Lipinski definition) is 3. The van der Waals surface area contributed by atoms with Crippen LogP contribution in [0.1, 0.15) is 12.0 Å². The van der Waals surface area contributed by atoms with Crippen molar-refractivity contribution < 1.29 is 27.1 Å². The summed E-state index contributed by atoms with van der Waals surface area (Å²) < 4.78 is 42.3. The fourth-order valence-corrected chi connectivity index (χ4v) is 4.47. The zero-order valence-electron chi connectivity index (χ0n) is 18.5. The van der Waals surface area contributed by atoms with Crippen LogP contribution in [0.25, 0.3) is 22.2 Å². The van der Waals surface area contributed by atoms with Gasteiger partial charge in [-0.1, -0.05) is 42.5 Å². The number of para-hydroxylation sites is 1. The summed E-state index contributed by atoms with van der Waals surface area (Å²) in [5.41, 5.74) is 3.15. The maximum atomic E-state index is 13.9. The second kappa shape index (κ2) is 10.1. The van der Waals surface area contributed by atoms with Gasteiger partial charge in [-0.15, -0.1) is 0 Å². The van der Waals surface area contributed by atoms with Crippen LogP contribution in [0.5, 0.6) is 0 Å². The summed E-state index contributed by atoms with van der Waals surface area (Å²) in [6, 6.07) is 19.5. The molecular formula is C25H22FN3O5S. The van der Waals surface area contributed by atoms with Gasteiger partial charge in [0.2, 0.25) is 10.0 Å². The molecule has 4 rings (SSSR count). The molecule has 0 atom stereocenters. The molecule has 1 aromatic heterocycles. The highest BCUT2D eigenvalue weighted by Gasteiger charge is 2.18. The Hall–Kier alpha value is -4.02. The van der Waals surface area contributed by atoms with E-state index >= 15 is 0 Å². The highest BCUT2D eigenvalue weighted by Crippen LogP contribution is 2.32. The fourth-order valence-electron chi connectivity index (χ4n) is 3.78. The first-order chi connectivity index (χ1) is 16.7. The van der Waals surface area contributed by atoms with E-state index in [9.17, 15) is 22.4 Å². The first-order valence-corrected chi connectivity index (χ1v) is 12.2. The van der Waals surface area contributed by atoms with E-state index in [4.69, 9.17) is 9.88 Å². The van der Waals surface area contributed by atoms with E-state index in [1.54, 1.807) is 6.07 Å². The number of carbonyl (C=O) groups is 2. The summed E-state index contributed by atoms with van der Waals surface area (Å²) in [5.74, 6) is -1.74. The number of hydrogen-bond acceptors (Lipinski definition) is 5. The zero-order chi connectivity index (χ0) is 25.0. The monoisotopic (exact) mass is 495 g/mol. The van der Waals surface area contributed by atoms with Gasteiger partial charge in [0.15, 0.2) is 6.61 Å². The Bertz CT molecular complexity index is 1500. The molecule has 0 spiro atoms. The molecule has 0 bridgehead atoms. The van der Waals surface area contributed by atoms with E-state index in [1.165, 1.54) is 36.4 Å². The van der Waals surface area contributed by atoms with Gasteiger partial charge < -0.3 is 15.0 Å². The molecule has 4 aromatic rings. The standard InChI is InChI=1S/C25H22FN3O5S/c26-17-10-12-20-19(14-17)18(25(29-20)16-6-2-1-3-7-16)11-13-24(31)34-15-23(30)28-21-8-4-5-9-22(21)35(27,32)33/h1-10,12,14,29H,11,13,15H2,(H,28,30)(H2,27,32,33). The number of nitrogens with two attached hydrogens (primary N) is 1. The number of amides is 1. The molecule has 0 radical (unpaired) electrons. The number of primary sulfonamides is 1. The highest BCUT2D eigenvalue weighted by atomic mass is 32.2. The van der Waals surface area contributed by atoms with Crippen LogP contribution in [-0.4, -0.2) is 31.9 Å². The number of H-pyrrole nitrogens is 1. The Morgan fingerprint density at radius 1 is 1.00 bits per heavy atom. The Morgan fingerprint density at radius 3 is 2.46 bits per heavy atom. The third-order valence-corrected chi connectivity index (χ3v) is 6.31. The van der Waals surface area contributed by atoms with Crippen molar-refractivity contribution in [1.29, 1.82) is 0 Å². The molecule has 0 unspecified atom stereocenters. The highest BCUT2D eigenvalue weighted by molar-refractivity contribution is 7.89. The van der Waals surface area contributed by atoms with Crippen LogP contribution in [0.3, 0.4) is 0 Å². The summed E-state index contributed by atoms with van der Waals surface area (Å²) in [4.78, 5) is 27.6. The lowest BCUT2D eigenvalue weighted by Gasteiger charge is -2.10. The second-order valence-corrected chi connectivity index (χ2v) is 9.31. The average Bonchev–Trinajstić information content (AvgIpc) is 3.19. The maximum Gasteiger partial charge on any atom is 0.306 e. The number of nitrogens with one attached hydrogen (secondary N) is 2. The molecule has 10 heteroatoms. The van der Waals surface area contributed by atoms with Crippen molar-refractivity contribution in [1.82, 2.24) is 4.98 Å². The van der Waals surface area contributed by atoms with Crippen molar-refractivity contribution in [3.63, 3.8) is 0 Å². The second-order valence-electron chi connectivity index (χ2n) is 7.78. The van der Waals surface area contributed by atoms with Crippen molar-refractivity contribution >= 4 is 38.5 Å². The van der Waals surface area contributed by atoms with Crippen LogP contribution >= 0.6 is 0 Å². The number of ether oxygens (including phenoxy) is 1. The number of rotatable bonds is 8. The quantitative estimate of drug-likeness (QED) is 0.321. The predicted octanol–water partition coefficient (Wildman–Crippen LogP) is 3.74. The molecule has 4 N–H and O–H groups in total. The van der Waals surface area contributed by atoms with E-state index in [1.807, 2.05) is 30.3 Å². The van der Waals surface area contributed by atoms with Crippen molar-refractivity contribution in [2.75, 3.05) is 11.9 Å². The molecule has 180 valence electrons. The SMILES string of the molecule is NS(=O)(=O)c1ccccc1NC(=O)COC(=O)CCc1c(-c2ccccc2)[nH]c2ccc(F)cc12. The number of benzene rings is 3. The summed E-state index contributed by atoms with van der Waals surface area (Å²) in [5, 5.41) is 8.20. The van der Waals surface area contributed by atoms with Crippen LogP contribution in [-0.2, 0) is 30.8 Å². The normalized spacial score (nSPS) is 11.4. The van der Waals surface area contributed by atoms with Gasteiger partial charge in [0, 0.05) is 23.0 Å². The first kappa shape index (κ1) is 24.1. The van der Waals surface area contributed by atoms with Gasteiger partial charge in [0.1, 0.15) is 10.7 Å². The average molecular weight is 496 g/mol. The molecule has 35 heavy (non-hydrogen) atoms. The van der Waals surface area contributed by atoms with Crippen molar-refractivity contribution in [2.45, 2.75) is 17.7 Å². The minimum Gasteiger partial charge on any atom is -0.456 e. The maximum absolute atomic E-state index is 13.9. The van der Waals surface area contributed by atoms with Crippen molar-refractivity contribution in [2.24, 2.45) is 5.14 Å². The number of esters is 1. The molecule has 0 aliphatic rings. The number of aromatic amines is 1. The molecule has 1 heterocycles. The Kier molecular flexibility index (Phi) is 6.94. The van der Waals surface area contributed by atoms with Crippen LogP contribution in [0.2, 0.25) is 0 Å². The molecule has 0 saturated carbocycles. The lowest BCUT2D eigenvalue weighted by molar-refractivity contribution is -0.147. The molecule has 1 amide bonds. The number of fused-ring (bicyclic) bond motifs is 1. The van der Waals surface area contributed by atoms with Gasteiger partial charge in [-0.2, -0.15) is 0 Å². The smallest absolute Gasteiger partial charge is 0.306 e. The van der Waals surface area contributed by atoms with Gasteiger partial charge in [-0.05, 0) is 47.9 Å². The lowest BCUT2D eigenvalue weighted by Crippen LogP contribution is -2.23. The van der Waals surface area contributed by atoms with Crippen LogP contribution < -0.4 is 10.5 Å². The van der Waals surface area contributed by atoms with E-state index in [0.29, 0.717) is 5.39 Å². The zero-order valence-corrected chi connectivity index (χ0v) is 19.3. The van der Waals surface area contributed by atoms with Gasteiger partial charge in [0.25, 0.3) is 5.91 Å². The summed E-state index contributed by atoms with van der Waals surface area (Å²) in [7, 11) is -4.04. The molecule has 8 nitrogen and oxygen atoms in total. The van der Waals surface area contributed by atoms with Crippen LogP contribution in [0, 0.1) is 5.82 Å². The number of aryl methyl sites for hydroxylation is 1. The number of carbonyl (C=O) groups excluding carboxylic acids is 2. The topological polar surface area (TPSA) is 131 Å². The molecular weight excluding hydrogens is 473 g/mol. The number of halogens is 1. The Labute approximate surface area is 201 Å². The minimum absolute atomic E-state index is 0.00984. The molecule has 0 saturated heterocycles. The number of sulfonamides is 1. The van der Waals surface area contributed by atoms with E-state index in [-0.39, 0.29) is 23.4 Å². The third-order valence-electron chi connectivity index (χ3n) is 5.34. The molecule has 3 aromatic carbocycles. The van der Waals surface area contributed by atoms with Crippen molar-refractivity contribution in [3.8, 4) is 11.3 Å². The summed E-state index contributed by atoms with van der Waals surface area (Å²) >= 11 is 0. The van der Waals surface area contributed by atoms with Gasteiger partial charge in [0.05, 0.1) is 5.69 Å². The largest absolute Gasteiger partial charge is 0.456 e. The van der Waals surface area contributed by atoms with E-state index in [2.05, 4.69) is 10.3 Å². The molecule has 0 aliphatic carbocycles. The lowest BCUT2D eigenvalue weighted by atomic mass is 10.0.